The van der Waals surface area contributed by atoms with Crippen LogP contribution in [0.15, 0.2) is 41.2 Å². The van der Waals surface area contributed by atoms with Crippen LogP contribution >= 0.6 is 0 Å². The largest absolute Gasteiger partial charge is 0.480 e. The van der Waals surface area contributed by atoms with Gasteiger partial charge in [-0.2, -0.15) is 17.9 Å². The Kier molecular flexibility index (Phi) is 6.07. The van der Waals surface area contributed by atoms with Crippen LogP contribution in [-0.4, -0.2) is 32.5 Å². The van der Waals surface area contributed by atoms with Crippen LogP contribution in [-0.2, 0) is 18.5 Å². The summed E-state index contributed by atoms with van der Waals surface area (Å²) in [7, 11) is 0. The molecule has 1 aromatic heterocycles. The number of amides is 1. The van der Waals surface area contributed by atoms with Gasteiger partial charge in [0.05, 0.1) is 11.1 Å². The molecule has 0 saturated heterocycles. The van der Waals surface area contributed by atoms with Crippen molar-refractivity contribution in [3.05, 3.63) is 75.5 Å². The third-order valence-electron chi connectivity index (χ3n) is 6.76. The molecule has 2 heterocycles. The number of carbonyl (C=O) groups is 1. The molecular weight excluding hydrogens is 499 g/mol. The second-order valence-electron chi connectivity index (χ2n) is 9.36. The van der Waals surface area contributed by atoms with Gasteiger partial charge in [0.2, 0.25) is 0 Å². The van der Waals surface area contributed by atoms with E-state index in [9.17, 15) is 27.2 Å². The Morgan fingerprint density at radius 2 is 1.84 bits per heavy atom. The Balaban J connectivity index is 1.54. The fourth-order valence-corrected chi connectivity index (χ4v) is 4.46. The predicted molar refractivity (Wildman–Crippen MR) is 122 cm³/mol. The van der Waals surface area contributed by atoms with Crippen LogP contribution in [0.1, 0.15) is 54.4 Å². The van der Waals surface area contributed by atoms with E-state index in [2.05, 4.69) is 10.4 Å². The average Bonchev–Trinajstić information content (AvgIpc) is 3.55. The number of ether oxygens (including phenoxy) is 1. The molecule has 0 spiro atoms. The smallest absolute Gasteiger partial charge is 0.425 e. The van der Waals surface area contributed by atoms with Gasteiger partial charge in [-0.05, 0) is 56.4 Å². The number of benzene rings is 2. The minimum Gasteiger partial charge on any atom is -0.480 e. The molecule has 1 aliphatic carbocycles. The summed E-state index contributed by atoms with van der Waals surface area (Å²) >= 11 is 0. The van der Waals surface area contributed by atoms with Crippen LogP contribution in [0.5, 0.6) is 5.75 Å². The topological polar surface area (TPSA) is 78.2 Å². The van der Waals surface area contributed by atoms with Crippen LogP contribution in [0.2, 0.25) is 0 Å². The standard InChI is InChI=1S/C25H23F5N4O3/c1-14(25(28,29)30)37-20-13-19(34-23(36)33-11-3-2-4-21(33)32-34)18(27)12-17(20)22(35)31-24(9-10-24)15-5-7-16(26)8-6-15/h5-8,12-14H,2-4,9-11H2,1H3,(H,31,35). The number of alkyl halides is 3. The lowest BCUT2D eigenvalue weighted by atomic mass is 10.0. The fraction of sp³-hybridized carbons (Fsp3) is 0.400. The Morgan fingerprint density at radius 3 is 2.46 bits per heavy atom. The predicted octanol–water partition coefficient (Wildman–Crippen LogP) is 4.40. The third-order valence-corrected chi connectivity index (χ3v) is 6.76. The number of hydrogen-bond donors (Lipinski definition) is 1. The highest BCUT2D eigenvalue weighted by molar-refractivity contribution is 5.98. The van der Waals surface area contributed by atoms with Crippen LogP contribution in [0.4, 0.5) is 22.0 Å². The first-order valence-corrected chi connectivity index (χ1v) is 11.8. The Bertz CT molecular complexity index is 1410. The van der Waals surface area contributed by atoms with Crippen molar-refractivity contribution in [3.63, 3.8) is 0 Å². The first kappa shape index (κ1) is 25.0. The van der Waals surface area contributed by atoms with Gasteiger partial charge in [-0.15, -0.1) is 5.10 Å². The van der Waals surface area contributed by atoms with Crippen molar-refractivity contribution in [1.29, 1.82) is 0 Å². The van der Waals surface area contributed by atoms with E-state index in [0.29, 0.717) is 37.2 Å². The van der Waals surface area contributed by atoms with Gasteiger partial charge in [-0.1, -0.05) is 12.1 Å². The molecular formula is C25H23F5N4O3. The highest BCUT2D eigenvalue weighted by atomic mass is 19.4. The molecule has 0 bridgehead atoms. The molecule has 0 radical (unpaired) electrons. The van der Waals surface area contributed by atoms with E-state index in [1.54, 1.807) is 0 Å². The van der Waals surface area contributed by atoms with Gasteiger partial charge in [0, 0.05) is 19.0 Å². The molecule has 196 valence electrons. The summed E-state index contributed by atoms with van der Waals surface area (Å²) in [6.07, 6.45) is -4.02. The van der Waals surface area contributed by atoms with Crippen molar-refractivity contribution < 1.29 is 31.5 Å². The van der Waals surface area contributed by atoms with Gasteiger partial charge in [-0.3, -0.25) is 9.36 Å². The van der Waals surface area contributed by atoms with Crippen LogP contribution in [0.25, 0.3) is 5.69 Å². The third kappa shape index (κ3) is 4.72. The summed E-state index contributed by atoms with van der Waals surface area (Å²) in [4.78, 5) is 26.0. The van der Waals surface area contributed by atoms with Crippen molar-refractivity contribution >= 4 is 5.91 Å². The van der Waals surface area contributed by atoms with Gasteiger partial charge in [0.25, 0.3) is 5.91 Å². The van der Waals surface area contributed by atoms with Crippen LogP contribution < -0.4 is 15.7 Å². The lowest BCUT2D eigenvalue weighted by molar-refractivity contribution is -0.189. The normalized spacial score (nSPS) is 17.1. The monoisotopic (exact) mass is 522 g/mol. The number of halogens is 5. The van der Waals surface area contributed by atoms with Gasteiger partial charge in [0.15, 0.2) is 6.10 Å². The van der Waals surface area contributed by atoms with E-state index in [1.165, 1.54) is 28.8 Å². The number of hydrogen-bond acceptors (Lipinski definition) is 4. The molecule has 1 atom stereocenters. The molecule has 1 unspecified atom stereocenters. The van der Waals surface area contributed by atoms with Gasteiger partial charge in [0.1, 0.15) is 28.9 Å². The molecule has 1 aliphatic heterocycles. The summed E-state index contributed by atoms with van der Waals surface area (Å²) in [5, 5.41) is 6.89. The number of fused-ring (bicyclic) bond motifs is 1. The molecule has 7 nitrogen and oxygen atoms in total. The lowest BCUT2D eigenvalue weighted by Crippen LogP contribution is -2.36. The van der Waals surface area contributed by atoms with E-state index in [1.807, 2.05) is 0 Å². The first-order chi connectivity index (χ1) is 17.5. The first-order valence-electron chi connectivity index (χ1n) is 11.8. The number of carbonyl (C=O) groups excluding carboxylic acids is 1. The number of nitrogens with one attached hydrogen (secondary N) is 1. The zero-order valence-corrected chi connectivity index (χ0v) is 19.7. The van der Waals surface area contributed by atoms with Gasteiger partial charge < -0.3 is 10.1 Å². The second-order valence-corrected chi connectivity index (χ2v) is 9.36. The maximum atomic E-state index is 15.3. The number of aryl methyl sites for hydroxylation is 1. The number of rotatable bonds is 6. The summed E-state index contributed by atoms with van der Waals surface area (Å²) in [6.45, 7) is 1.16. The minimum absolute atomic E-state index is 0.399. The molecule has 1 saturated carbocycles. The summed E-state index contributed by atoms with van der Waals surface area (Å²) < 4.78 is 75.9. The number of aromatic nitrogens is 3. The van der Waals surface area contributed by atoms with E-state index >= 15 is 4.39 Å². The molecule has 12 heteroatoms. The van der Waals surface area contributed by atoms with Crippen LogP contribution in [0.3, 0.4) is 0 Å². The molecule has 1 N–H and O–H groups in total. The van der Waals surface area contributed by atoms with E-state index in [4.69, 9.17) is 4.74 Å². The van der Waals surface area contributed by atoms with E-state index < -0.39 is 58.1 Å². The highest BCUT2D eigenvalue weighted by Gasteiger charge is 2.46. The highest BCUT2D eigenvalue weighted by Crippen LogP contribution is 2.46. The minimum atomic E-state index is -4.77. The molecule has 5 rings (SSSR count). The number of nitrogens with zero attached hydrogens (tertiary/aromatic N) is 3. The molecule has 2 aromatic carbocycles. The van der Waals surface area contributed by atoms with Crippen molar-refractivity contribution in [1.82, 2.24) is 19.7 Å². The van der Waals surface area contributed by atoms with Crippen molar-refractivity contribution in [2.75, 3.05) is 0 Å². The van der Waals surface area contributed by atoms with Crippen molar-refractivity contribution in [2.24, 2.45) is 0 Å². The zero-order valence-electron chi connectivity index (χ0n) is 19.7. The van der Waals surface area contributed by atoms with Crippen LogP contribution in [0, 0.1) is 11.6 Å². The van der Waals surface area contributed by atoms with Gasteiger partial charge >= 0.3 is 11.9 Å². The maximum absolute atomic E-state index is 15.3. The Labute approximate surface area is 207 Å². The van der Waals surface area contributed by atoms with Crippen molar-refractivity contribution in [2.45, 2.75) is 63.4 Å². The molecule has 1 fully saturated rings. The lowest BCUT2D eigenvalue weighted by Gasteiger charge is -2.22. The molecule has 37 heavy (non-hydrogen) atoms. The molecule has 1 amide bonds. The Morgan fingerprint density at radius 1 is 1.14 bits per heavy atom. The summed E-state index contributed by atoms with van der Waals surface area (Å²) in [5.74, 6) is -2.46. The molecule has 2 aliphatic rings. The maximum Gasteiger partial charge on any atom is 0.425 e. The SMILES string of the molecule is CC(Oc1cc(-n2nc3n(c2=O)CCCC3)c(F)cc1C(=O)NC1(c2ccc(F)cc2)CC1)C(F)(F)F. The molecule has 3 aromatic rings. The van der Waals surface area contributed by atoms with Gasteiger partial charge in [-0.25, -0.2) is 13.6 Å². The van der Waals surface area contributed by atoms with E-state index in [0.717, 1.165) is 36.6 Å². The van der Waals surface area contributed by atoms with E-state index in [-0.39, 0.29) is 0 Å². The zero-order chi connectivity index (χ0) is 26.5. The summed E-state index contributed by atoms with van der Waals surface area (Å²) in [6, 6.07) is 7.11. The quantitative estimate of drug-likeness (QED) is 0.487. The summed E-state index contributed by atoms with van der Waals surface area (Å²) in [5.41, 5.74) is -1.77. The average molecular weight is 522 g/mol. The second kappa shape index (κ2) is 9.00. The fourth-order valence-electron chi connectivity index (χ4n) is 4.46. The van der Waals surface area contributed by atoms with Crippen molar-refractivity contribution in [3.8, 4) is 11.4 Å². The Hall–Kier alpha value is -3.70.